The molecule has 0 amide bonds. The van der Waals surface area contributed by atoms with Gasteiger partial charge in [0.05, 0.1) is 20.6 Å². The Kier molecular flexibility index (Phi) is 6.99. The summed E-state index contributed by atoms with van der Waals surface area (Å²) in [6.45, 7) is 2.87. The number of carbonyl (C=O) groups is 1. The van der Waals surface area contributed by atoms with Crippen LogP contribution in [-0.4, -0.2) is 46.8 Å². The molecule has 2 unspecified atom stereocenters. The van der Waals surface area contributed by atoms with Gasteiger partial charge in [0.15, 0.2) is 0 Å². The van der Waals surface area contributed by atoms with Crippen LogP contribution in [-0.2, 0) is 15.7 Å². The Balaban J connectivity index is 1.91. The fourth-order valence-corrected chi connectivity index (χ4v) is 3.64. The van der Waals surface area contributed by atoms with Gasteiger partial charge in [-0.3, -0.25) is 0 Å². The molecule has 1 fully saturated rings. The Bertz CT molecular complexity index is 574. The summed E-state index contributed by atoms with van der Waals surface area (Å²) in [5.41, 5.74) is 1.19. The molecule has 1 aliphatic heterocycles. The van der Waals surface area contributed by atoms with E-state index >= 15 is 0 Å². The predicted molar refractivity (Wildman–Crippen MR) is 93.5 cm³/mol. The van der Waals surface area contributed by atoms with Crippen LogP contribution in [0.3, 0.4) is 0 Å². The lowest BCUT2D eigenvalue weighted by molar-refractivity contribution is -0.0884. The molecule has 0 aromatic heterocycles. The summed E-state index contributed by atoms with van der Waals surface area (Å²) in [6.07, 6.45) is 2.42. The van der Waals surface area contributed by atoms with E-state index < -0.39 is 25.9 Å². The van der Waals surface area contributed by atoms with E-state index in [1.807, 2.05) is 13.0 Å². The van der Waals surface area contributed by atoms with E-state index in [1.165, 1.54) is 0 Å². The van der Waals surface area contributed by atoms with Crippen LogP contribution in [0.5, 0.6) is 0 Å². The molecule has 1 aromatic carbocycles. The van der Waals surface area contributed by atoms with Gasteiger partial charge in [-0.2, -0.15) is 0 Å². The van der Waals surface area contributed by atoms with E-state index in [1.54, 1.807) is 18.2 Å². The molecule has 2 rings (SSSR count). The van der Waals surface area contributed by atoms with Crippen molar-refractivity contribution in [2.45, 2.75) is 50.1 Å². The van der Waals surface area contributed by atoms with Crippen LogP contribution in [0.2, 0.25) is 0 Å². The van der Waals surface area contributed by atoms with Crippen LogP contribution in [0, 0.1) is 0 Å². The summed E-state index contributed by atoms with van der Waals surface area (Å²) < 4.78 is 17.3. The second-order valence-electron chi connectivity index (χ2n) is 6.35. The van der Waals surface area contributed by atoms with Crippen molar-refractivity contribution >= 4 is 14.4 Å². The molecule has 1 saturated heterocycles. The summed E-state index contributed by atoms with van der Waals surface area (Å²) in [6, 6.07) is 6.89. The second kappa shape index (κ2) is 8.77. The largest absolute Gasteiger partial charge is 0.478 e. The molecule has 0 aliphatic carbocycles. The number of rotatable bonds is 8. The number of hydrogen-bond donors (Lipinski definition) is 3. The highest BCUT2D eigenvalue weighted by Crippen LogP contribution is 2.33. The molecule has 1 aromatic rings. The van der Waals surface area contributed by atoms with Crippen molar-refractivity contribution in [2.24, 2.45) is 0 Å². The van der Waals surface area contributed by atoms with Crippen LogP contribution in [0.25, 0.3) is 0 Å². The normalized spacial score (nSPS) is 24.1. The molecule has 1 heterocycles. The van der Waals surface area contributed by atoms with Gasteiger partial charge in [-0.05, 0) is 30.5 Å². The van der Waals surface area contributed by atoms with Gasteiger partial charge in [0.25, 0.3) is 0 Å². The summed E-state index contributed by atoms with van der Waals surface area (Å²) in [5.74, 6) is -0.941. The van der Waals surface area contributed by atoms with Gasteiger partial charge in [0, 0.05) is 12.6 Å². The first-order valence-corrected chi connectivity index (χ1v) is 9.39. The Hall–Kier alpha value is -1.20. The summed E-state index contributed by atoms with van der Waals surface area (Å²) >= 11 is 0. The van der Waals surface area contributed by atoms with Crippen LogP contribution in [0.15, 0.2) is 24.3 Å². The van der Waals surface area contributed by atoms with Gasteiger partial charge in [0.1, 0.15) is 11.4 Å². The number of unbranched alkanes of at least 4 members (excludes halogenated alkanes) is 1. The zero-order chi connectivity index (χ0) is 17.6. The van der Waals surface area contributed by atoms with Gasteiger partial charge in [0.2, 0.25) is 0 Å². The molecule has 1 aliphatic rings. The van der Waals surface area contributed by atoms with Crippen molar-refractivity contribution in [1.29, 1.82) is 0 Å². The number of hydrogen-bond acceptors (Lipinski definition) is 5. The van der Waals surface area contributed by atoms with Gasteiger partial charge >= 0.3 is 5.97 Å². The molecule has 0 saturated carbocycles. The molecule has 0 radical (unpaired) electrons. The first kappa shape index (κ1) is 19.1. The van der Waals surface area contributed by atoms with E-state index in [0.717, 1.165) is 18.4 Å². The lowest BCUT2D eigenvalue weighted by Crippen LogP contribution is -2.54. The highest BCUT2D eigenvalue weighted by Gasteiger charge is 2.38. The maximum absolute atomic E-state index is 11.5. The second-order valence-corrected chi connectivity index (χ2v) is 7.58. The fourth-order valence-electron chi connectivity index (χ4n) is 2.95. The van der Waals surface area contributed by atoms with E-state index in [4.69, 9.17) is 9.84 Å². The van der Waals surface area contributed by atoms with Crippen molar-refractivity contribution in [3.05, 3.63) is 35.4 Å². The minimum Gasteiger partial charge on any atom is -0.478 e. The van der Waals surface area contributed by atoms with E-state index in [2.05, 4.69) is 5.32 Å². The number of morpholine rings is 1. The number of nitrogens with one attached hydrogen (secondary N) is 1. The molecule has 6 nitrogen and oxygen atoms in total. The standard InChI is InChI=1S/C17H26NO5P/c1-2-3-7-17(21,24-22)15-10-18-14(11-23-15)9-12-5-4-6-13(8-12)16(19)20/h4-6,8,14-15,18,21H,2-3,7,9-11,24H2,1H3,(H,19,20)/t14-,15-,17?/m1/s1. The average molecular weight is 355 g/mol. The van der Waals surface area contributed by atoms with Crippen molar-refractivity contribution in [2.75, 3.05) is 13.2 Å². The zero-order valence-electron chi connectivity index (χ0n) is 13.9. The third-order valence-electron chi connectivity index (χ3n) is 4.44. The topological polar surface area (TPSA) is 95.9 Å². The molecular formula is C17H26NO5P. The predicted octanol–water partition coefficient (Wildman–Crippen LogP) is 1.92. The monoisotopic (exact) mass is 355 g/mol. The van der Waals surface area contributed by atoms with E-state index in [-0.39, 0.29) is 11.6 Å². The number of benzene rings is 1. The van der Waals surface area contributed by atoms with Crippen LogP contribution in [0.4, 0.5) is 0 Å². The minimum absolute atomic E-state index is 0.0439. The average Bonchev–Trinajstić information content (AvgIpc) is 2.60. The van der Waals surface area contributed by atoms with E-state index in [9.17, 15) is 14.5 Å². The van der Waals surface area contributed by atoms with Crippen molar-refractivity contribution in [3.63, 3.8) is 0 Å². The molecule has 24 heavy (non-hydrogen) atoms. The van der Waals surface area contributed by atoms with Gasteiger partial charge in [-0.15, -0.1) is 0 Å². The smallest absolute Gasteiger partial charge is 0.335 e. The quantitative estimate of drug-likeness (QED) is 0.617. The van der Waals surface area contributed by atoms with Crippen LogP contribution < -0.4 is 5.32 Å². The van der Waals surface area contributed by atoms with Gasteiger partial charge in [-0.25, -0.2) is 4.79 Å². The fraction of sp³-hybridized carbons (Fsp3) is 0.588. The first-order valence-electron chi connectivity index (χ1n) is 8.34. The van der Waals surface area contributed by atoms with Crippen molar-refractivity contribution in [1.82, 2.24) is 5.32 Å². The number of carboxylic acid groups (broad SMARTS) is 1. The maximum atomic E-state index is 11.5. The van der Waals surface area contributed by atoms with Crippen molar-refractivity contribution in [3.8, 4) is 0 Å². The highest BCUT2D eigenvalue weighted by molar-refractivity contribution is 7.25. The van der Waals surface area contributed by atoms with E-state index in [0.29, 0.717) is 26.0 Å². The number of aromatic carboxylic acids is 1. The number of ether oxygens (including phenoxy) is 1. The maximum Gasteiger partial charge on any atom is 0.335 e. The third-order valence-corrected chi connectivity index (χ3v) is 5.51. The summed E-state index contributed by atoms with van der Waals surface area (Å²) in [5, 5.41) is 21.7. The van der Waals surface area contributed by atoms with Crippen LogP contribution >= 0.6 is 8.46 Å². The number of carboxylic acids is 1. The Morgan fingerprint density at radius 2 is 2.29 bits per heavy atom. The third kappa shape index (κ3) is 4.90. The summed E-state index contributed by atoms with van der Waals surface area (Å²) in [4.78, 5) is 11.0. The molecule has 0 bridgehead atoms. The number of aliphatic hydroxyl groups is 1. The van der Waals surface area contributed by atoms with Crippen molar-refractivity contribution < 1.29 is 24.3 Å². The van der Waals surface area contributed by atoms with Gasteiger partial charge in [-0.1, -0.05) is 31.9 Å². The summed E-state index contributed by atoms with van der Waals surface area (Å²) in [7, 11) is -1.33. The molecule has 134 valence electrons. The molecule has 3 N–H and O–H groups in total. The molecular weight excluding hydrogens is 329 g/mol. The molecule has 7 heteroatoms. The lowest BCUT2D eigenvalue weighted by Gasteiger charge is -2.38. The minimum atomic E-state index is -1.33. The van der Waals surface area contributed by atoms with Crippen LogP contribution in [0.1, 0.15) is 42.1 Å². The van der Waals surface area contributed by atoms with Gasteiger partial charge < -0.3 is 24.8 Å². The molecule has 4 atom stereocenters. The Labute approximate surface area is 143 Å². The SMILES string of the molecule is CCCCC(O)([PH2]=O)[C@H]1CN[C@H](Cc2cccc(C(=O)O)c2)CO1. The Morgan fingerprint density at radius 1 is 1.50 bits per heavy atom. The first-order chi connectivity index (χ1) is 11.5. The highest BCUT2D eigenvalue weighted by atomic mass is 31.1. The lowest BCUT2D eigenvalue weighted by atomic mass is 10.0. The zero-order valence-corrected chi connectivity index (χ0v) is 15.1. The molecule has 0 spiro atoms. The Morgan fingerprint density at radius 3 is 2.88 bits per heavy atom.